The summed E-state index contributed by atoms with van der Waals surface area (Å²) in [6, 6.07) is 14.7. The average molecular weight is 547 g/mol. The predicted molar refractivity (Wildman–Crippen MR) is 159 cm³/mol. The van der Waals surface area contributed by atoms with E-state index in [2.05, 4.69) is 59.2 Å². The molecule has 5 rings (SSSR count). The third-order valence-corrected chi connectivity index (χ3v) is 9.01. The Morgan fingerprint density at radius 2 is 1.68 bits per heavy atom. The Hall–Kier alpha value is -2.96. The van der Waals surface area contributed by atoms with Crippen LogP contribution < -0.4 is 4.74 Å². The minimum Gasteiger partial charge on any atom is -0.508 e. The molecule has 2 aliphatic carbocycles. The van der Waals surface area contributed by atoms with Crippen LogP contribution in [-0.4, -0.2) is 68.0 Å². The lowest BCUT2D eigenvalue weighted by atomic mass is 9.72. The molecule has 216 valence electrons. The third-order valence-electron chi connectivity index (χ3n) is 9.01. The lowest BCUT2D eigenvalue weighted by Crippen LogP contribution is -2.44. The van der Waals surface area contributed by atoms with Crippen LogP contribution in [0.25, 0.3) is 0 Å². The first-order valence-corrected chi connectivity index (χ1v) is 15.1. The molecule has 3 aliphatic rings. The third kappa shape index (κ3) is 6.84. The molecule has 0 bridgehead atoms. The van der Waals surface area contributed by atoms with Crippen molar-refractivity contribution in [2.75, 3.05) is 47.0 Å². The van der Waals surface area contributed by atoms with Crippen molar-refractivity contribution in [2.24, 2.45) is 11.8 Å². The van der Waals surface area contributed by atoms with E-state index in [1.807, 2.05) is 12.1 Å². The Kier molecular flexibility index (Phi) is 9.71. The van der Waals surface area contributed by atoms with E-state index < -0.39 is 0 Å². The number of benzene rings is 2. The Morgan fingerprint density at radius 3 is 2.40 bits per heavy atom. The second-order valence-corrected chi connectivity index (χ2v) is 11.5. The lowest BCUT2D eigenvalue weighted by Gasteiger charge is -2.41. The number of fused-ring (bicyclic) bond motifs is 1. The second-order valence-electron chi connectivity index (χ2n) is 11.5. The Morgan fingerprint density at radius 1 is 0.925 bits per heavy atom. The summed E-state index contributed by atoms with van der Waals surface area (Å²) >= 11 is 0. The first-order chi connectivity index (χ1) is 19.6. The van der Waals surface area contributed by atoms with Crippen LogP contribution >= 0.6 is 0 Å². The molecule has 2 unspecified atom stereocenters. The number of phenolic OH excluding ortho intramolecular Hbond substituents is 1. The number of aromatic hydroxyl groups is 1. The van der Waals surface area contributed by atoms with Gasteiger partial charge in [-0.3, -0.25) is 9.80 Å². The minimum atomic E-state index is 0.197. The first-order valence-electron chi connectivity index (χ1n) is 15.1. The summed E-state index contributed by atoms with van der Waals surface area (Å²) < 4.78 is 17.6. The van der Waals surface area contributed by atoms with Gasteiger partial charge in [0.2, 0.25) is 0 Å². The van der Waals surface area contributed by atoms with Gasteiger partial charge in [0, 0.05) is 25.0 Å². The minimum absolute atomic E-state index is 0.197. The molecule has 40 heavy (non-hydrogen) atoms. The van der Waals surface area contributed by atoms with Crippen LogP contribution in [0.5, 0.6) is 11.5 Å². The summed E-state index contributed by atoms with van der Waals surface area (Å²) in [6.07, 6.45) is 11.6. The zero-order valence-electron chi connectivity index (χ0n) is 24.5. The number of likely N-dealkylation sites (tertiary alicyclic amines) is 1. The SMILES string of the molecule is CCN(Cc1ccc(OCCN2CCCCC2)cc1)C1C=C(OC)C(OC)=CC1[C@@H]1CCc2cc(O)ccc2C1. The number of piperidine rings is 1. The first kappa shape index (κ1) is 28.6. The van der Waals surface area contributed by atoms with E-state index in [-0.39, 0.29) is 6.04 Å². The molecule has 6 heteroatoms. The van der Waals surface area contributed by atoms with Crippen LogP contribution in [0.1, 0.15) is 49.3 Å². The monoisotopic (exact) mass is 546 g/mol. The van der Waals surface area contributed by atoms with Crippen molar-refractivity contribution >= 4 is 0 Å². The fourth-order valence-corrected chi connectivity index (χ4v) is 6.73. The molecule has 0 aromatic heterocycles. The molecule has 3 atom stereocenters. The number of phenols is 1. The van der Waals surface area contributed by atoms with E-state index in [9.17, 15) is 5.11 Å². The summed E-state index contributed by atoms with van der Waals surface area (Å²) in [5.74, 6) is 3.71. The maximum Gasteiger partial charge on any atom is 0.158 e. The van der Waals surface area contributed by atoms with E-state index in [4.69, 9.17) is 14.2 Å². The topological polar surface area (TPSA) is 54.4 Å². The van der Waals surface area contributed by atoms with Gasteiger partial charge in [0.25, 0.3) is 0 Å². The van der Waals surface area contributed by atoms with Gasteiger partial charge in [-0.05, 0) is 111 Å². The van der Waals surface area contributed by atoms with Gasteiger partial charge in [-0.1, -0.05) is 31.5 Å². The summed E-state index contributed by atoms with van der Waals surface area (Å²) in [5.41, 5.74) is 3.90. The molecule has 0 radical (unpaired) electrons. The van der Waals surface area contributed by atoms with Crippen LogP contribution in [0.2, 0.25) is 0 Å². The molecule has 6 nitrogen and oxygen atoms in total. The Bertz CT molecular complexity index is 1170. The zero-order chi connectivity index (χ0) is 27.9. The predicted octanol–water partition coefficient (Wildman–Crippen LogP) is 5.94. The number of methoxy groups -OCH3 is 2. The molecule has 1 fully saturated rings. The number of nitrogens with zero attached hydrogens (tertiary/aromatic N) is 2. The highest BCUT2D eigenvalue weighted by Crippen LogP contribution is 2.39. The molecule has 1 N–H and O–H groups in total. The summed E-state index contributed by atoms with van der Waals surface area (Å²) in [6.45, 7) is 8.18. The van der Waals surface area contributed by atoms with Crippen molar-refractivity contribution in [3.05, 3.63) is 82.8 Å². The number of rotatable bonds is 11. The van der Waals surface area contributed by atoms with Crippen molar-refractivity contribution in [3.63, 3.8) is 0 Å². The van der Waals surface area contributed by atoms with Gasteiger partial charge in [-0.2, -0.15) is 0 Å². The van der Waals surface area contributed by atoms with Crippen LogP contribution in [0.4, 0.5) is 0 Å². The van der Waals surface area contributed by atoms with Gasteiger partial charge >= 0.3 is 0 Å². The average Bonchev–Trinajstić information content (AvgIpc) is 3.00. The zero-order valence-corrected chi connectivity index (χ0v) is 24.5. The molecule has 1 saturated heterocycles. The molecule has 0 amide bonds. The van der Waals surface area contributed by atoms with E-state index in [0.29, 0.717) is 17.6 Å². The largest absolute Gasteiger partial charge is 0.508 e. The highest BCUT2D eigenvalue weighted by molar-refractivity contribution is 5.38. The summed E-state index contributed by atoms with van der Waals surface area (Å²) in [5, 5.41) is 9.96. The molecule has 0 saturated carbocycles. The van der Waals surface area contributed by atoms with Gasteiger partial charge in [0.1, 0.15) is 18.1 Å². The van der Waals surface area contributed by atoms with Crippen molar-refractivity contribution in [2.45, 2.75) is 58.0 Å². The van der Waals surface area contributed by atoms with E-state index in [1.165, 1.54) is 49.0 Å². The maximum absolute atomic E-state index is 9.96. The van der Waals surface area contributed by atoms with Gasteiger partial charge in [0.05, 0.1) is 14.2 Å². The lowest BCUT2D eigenvalue weighted by molar-refractivity contribution is 0.132. The molecule has 2 aromatic rings. The Labute approximate surface area is 240 Å². The van der Waals surface area contributed by atoms with Crippen LogP contribution in [0.15, 0.2) is 66.1 Å². The van der Waals surface area contributed by atoms with Crippen LogP contribution in [0, 0.1) is 11.8 Å². The normalized spacial score (nSPS) is 23.2. The smallest absolute Gasteiger partial charge is 0.158 e. The van der Waals surface area contributed by atoms with Gasteiger partial charge in [-0.25, -0.2) is 0 Å². The summed E-state index contributed by atoms with van der Waals surface area (Å²) in [4.78, 5) is 5.06. The molecule has 0 spiro atoms. The highest BCUT2D eigenvalue weighted by Gasteiger charge is 2.37. The van der Waals surface area contributed by atoms with E-state index >= 15 is 0 Å². The quantitative estimate of drug-likeness (QED) is 0.376. The number of ether oxygens (including phenoxy) is 3. The van der Waals surface area contributed by atoms with Gasteiger partial charge in [0.15, 0.2) is 11.5 Å². The van der Waals surface area contributed by atoms with Crippen molar-refractivity contribution in [3.8, 4) is 11.5 Å². The molecule has 2 aromatic carbocycles. The number of hydrogen-bond acceptors (Lipinski definition) is 6. The van der Waals surface area contributed by atoms with Gasteiger partial charge in [-0.15, -0.1) is 0 Å². The van der Waals surface area contributed by atoms with Crippen molar-refractivity contribution in [1.29, 1.82) is 0 Å². The van der Waals surface area contributed by atoms with E-state index in [0.717, 1.165) is 62.8 Å². The number of likely N-dealkylation sites (N-methyl/N-ethyl adjacent to an activating group) is 1. The number of hydrogen-bond donors (Lipinski definition) is 1. The number of aryl methyl sites for hydroxylation is 1. The molecule has 1 aliphatic heterocycles. The fraction of sp³-hybridized carbons (Fsp3) is 0.529. The molecular formula is C34H46N2O4. The summed E-state index contributed by atoms with van der Waals surface area (Å²) in [7, 11) is 3.45. The highest BCUT2D eigenvalue weighted by atomic mass is 16.5. The maximum atomic E-state index is 9.96. The fourth-order valence-electron chi connectivity index (χ4n) is 6.73. The molecular weight excluding hydrogens is 500 g/mol. The van der Waals surface area contributed by atoms with Gasteiger partial charge < -0.3 is 19.3 Å². The van der Waals surface area contributed by atoms with E-state index in [1.54, 1.807) is 14.2 Å². The molecule has 1 heterocycles. The van der Waals surface area contributed by atoms with Crippen molar-refractivity contribution in [1.82, 2.24) is 9.80 Å². The second kappa shape index (κ2) is 13.6. The van der Waals surface area contributed by atoms with Crippen LogP contribution in [0.3, 0.4) is 0 Å². The standard InChI is InChI=1S/C34H46N2O4/c1-4-36(24-25-8-14-30(15-9-25)40-19-18-35-16-6-5-7-17-35)32-23-34(39-3)33(38-2)22-31(32)28-11-10-27-21-29(37)13-12-26(27)20-28/h8-9,12-15,21-23,28,31-32,37H,4-7,10-11,16-20,24H2,1-3H3/t28-,31?,32?/m1/s1. The van der Waals surface area contributed by atoms with Crippen molar-refractivity contribution < 1.29 is 19.3 Å². The Balaban J connectivity index is 1.27. The van der Waals surface area contributed by atoms with Crippen LogP contribution in [-0.2, 0) is 28.9 Å².